The number of fused-ring (bicyclic) bond motifs is 2. The van der Waals surface area contributed by atoms with E-state index in [1.807, 2.05) is 0 Å². The van der Waals surface area contributed by atoms with E-state index in [0.29, 0.717) is 25.4 Å². The number of hydrogen-bond acceptors (Lipinski definition) is 5. The van der Waals surface area contributed by atoms with Crippen molar-refractivity contribution in [2.24, 2.45) is 5.92 Å². The second kappa shape index (κ2) is 7.59. The molecule has 3 aromatic rings. The summed E-state index contributed by atoms with van der Waals surface area (Å²) < 4.78 is 46.3. The molecule has 2 aliphatic rings. The van der Waals surface area contributed by atoms with Crippen molar-refractivity contribution in [2.45, 2.75) is 19.4 Å². The molecule has 1 atom stereocenters. The van der Waals surface area contributed by atoms with E-state index < -0.39 is 17.5 Å². The zero-order valence-electron chi connectivity index (χ0n) is 15.9. The molecule has 158 valence electrons. The molecular weight excluding hydrogens is 417 g/mol. The van der Waals surface area contributed by atoms with E-state index >= 15 is 0 Å². The molecule has 2 aliphatic heterocycles. The van der Waals surface area contributed by atoms with Gasteiger partial charge in [0.05, 0.1) is 24.4 Å². The number of aromatic amines is 1. The van der Waals surface area contributed by atoms with Crippen molar-refractivity contribution < 1.29 is 22.7 Å². The molecule has 0 spiro atoms. The summed E-state index contributed by atoms with van der Waals surface area (Å²) in [7, 11) is 0. The minimum atomic E-state index is -1.54. The maximum atomic E-state index is 14.0. The Hall–Kier alpha value is -2.59. The third-order valence-electron chi connectivity index (χ3n) is 5.57. The summed E-state index contributed by atoms with van der Waals surface area (Å²) in [6.45, 7) is 3.23. The van der Waals surface area contributed by atoms with Crippen molar-refractivity contribution in [3.63, 3.8) is 0 Å². The molecule has 1 saturated heterocycles. The zero-order chi connectivity index (χ0) is 20.8. The summed E-state index contributed by atoms with van der Waals surface area (Å²) in [5, 5.41) is 4.05. The molecule has 1 fully saturated rings. The van der Waals surface area contributed by atoms with Crippen LogP contribution >= 0.6 is 11.3 Å². The minimum absolute atomic E-state index is 0.0487. The molecule has 5 rings (SSSR count). The smallest absolute Gasteiger partial charge is 0.270 e. The van der Waals surface area contributed by atoms with Crippen LogP contribution in [0.2, 0.25) is 0 Å². The molecule has 4 heterocycles. The van der Waals surface area contributed by atoms with Gasteiger partial charge in [-0.25, -0.2) is 18.2 Å². The second-order valence-electron chi connectivity index (χ2n) is 7.61. The number of H-pyrrole nitrogens is 1. The number of aromatic nitrogens is 2. The monoisotopic (exact) mass is 436 g/mol. The van der Waals surface area contributed by atoms with Crippen LogP contribution in [0.3, 0.4) is 0 Å². The first kappa shape index (κ1) is 19.4. The fourth-order valence-corrected chi connectivity index (χ4v) is 4.92. The van der Waals surface area contributed by atoms with Crippen LogP contribution in [0.25, 0.3) is 10.9 Å². The second-order valence-corrected chi connectivity index (χ2v) is 8.69. The van der Waals surface area contributed by atoms with Gasteiger partial charge >= 0.3 is 0 Å². The van der Waals surface area contributed by atoms with Crippen molar-refractivity contribution in [3.8, 4) is 0 Å². The molecule has 2 N–H and O–H groups in total. The van der Waals surface area contributed by atoms with Crippen LogP contribution in [0, 0.1) is 23.4 Å². The Bertz CT molecular complexity index is 1120. The van der Waals surface area contributed by atoms with Gasteiger partial charge in [0.1, 0.15) is 5.69 Å². The lowest BCUT2D eigenvalue weighted by molar-refractivity contribution is 0.0731. The zero-order valence-corrected chi connectivity index (χ0v) is 16.8. The number of hydrogen-bond donors (Lipinski definition) is 2. The number of thiazole rings is 1. The van der Waals surface area contributed by atoms with Gasteiger partial charge in [-0.1, -0.05) is 11.3 Å². The molecule has 0 radical (unpaired) electrons. The highest BCUT2D eigenvalue weighted by atomic mass is 32.1. The summed E-state index contributed by atoms with van der Waals surface area (Å²) in [4.78, 5) is 22.9. The number of benzene rings is 1. The average molecular weight is 436 g/mol. The molecule has 1 amide bonds. The fraction of sp³-hybridized carbons (Fsp3) is 0.400. The maximum absolute atomic E-state index is 14.0. The average Bonchev–Trinajstić information content (AvgIpc) is 3.48. The molecule has 6 nitrogen and oxygen atoms in total. The maximum Gasteiger partial charge on any atom is 0.270 e. The molecule has 0 saturated carbocycles. The Kier molecular flexibility index (Phi) is 4.90. The number of ether oxygens (including phenoxy) is 1. The van der Waals surface area contributed by atoms with E-state index in [4.69, 9.17) is 4.74 Å². The number of carbonyl (C=O) groups excluding carboxylic acids is 1. The van der Waals surface area contributed by atoms with Crippen LogP contribution in [-0.2, 0) is 17.7 Å². The predicted molar refractivity (Wildman–Crippen MR) is 106 cm³/mol. The van der Waals surface area contributed by atoms with Crippen molar-refractivity contribution in [1.82, 2.24) is 14.9 Å². The first-order valence-corrected chi connectivity index (χ1v) is 10.6. The summed E-state index contributed by atoms with van der Waals surface area (Å²) in [6, 6.07) is 2.09. The number of halogens is 3. The van der Waals surface area contributed by atoms with Gasteiger partial charge in [0.2, 0.25) is 0 Å². The highest BCUT2D eigenvalue weighted by molar-refractivity contribution is 7.15. The van der Waals surface area contributed by atoms with Gasteiger partial charge in [0.15, 0.2) is 22.6 Å². The Morgan fingerprint density at radius 2 is 2.20 bits per heavy atom. The van der Waals surface area contributed by atoms with Crippen molar-refractivity contribution in [2.75, 3.05) is 31.6 Å². The van der Waals surface area contributed by atoms with Crippen LogP contribution in [0.4, 0.5) is 18.3 Å². The van der Waals surface area contributed by atoms with Crippen molar-refractivity contribution in [1.29, 1.82) is 0 Å². The molecular formula is C20H19F3N4O2S. The predicted octanol–water partition coefficient (Wildman–Crippen LogP) is 3.69. The number of nitrogens with one attached hydrogen (secondary N) is 2. The van der Waals surface area contributed by atoms with Crippen LogP contribution < -0.4 is 5.32 Å². The quantitative estimate of drug-likeness (QED) is 0.612. The lowest BCUT2D eigenvalue weighted by atomic mass is 10.1. The molecule has 1 aromatic carbocycles. The van der Waals surface area contributed by atoms with E-state index in [9.17, 15) is 18.0 Å². The molecule has 30 heavy (non-hydrogen) atoms. The number of carbonyl (C=O) groups is 1. The van der Waals surface area contributed by atoms with Gasteiger partial charge < -0.3 is 19.9 Å². The Balaban J connectivity index is 1.31. The molecule has 10 heteroatoms. The van der Waals surface area contributed by atoms with E-state index in [-0.39, 0.29) is 22.5 Å². The van der Waals surface area contributed by atoms with Crippen molar-refractivity contribution in [3.05, 3.63) is 45.8 Å². The van der Waals surface area contributed by atoms with Crippen LogP contribution in [0.15, 0.2) is 12.1 Å². The first-order valence-electron chi connectivity index (χ1n) is 9.75. The van der Waals surface area contributed by atoms with Gasteiger partial charge in [-0.05, 0) is 12.5 Å². The van der Waals surface area contributed by atoms with E-state index in [0.717, 1.165) is 47.9 Å². The van der Waals surface area contributed by atoms with Gasteiger partial charge in [0, 0.05) is 48.4 Å². The highest BCUT2D eigenvalue weighted by Crippen LogP contribution is 2.30. The Labute approximate surface area is 174 Å². The number of nitrogens with zero attached hydrogens (tertiary/aromatic N) is 2. The molecule has 0 bridgehead atoms. The molecule has 1 unspecified atom stereocenters. The topological polar surface area (TPSA) is 70.2 Å². The number of rotatable bonds is 4. The highest BCUT2D eigenvalue weighted by Gasteiger charge is 2.27. The summed E-state index contributed by atoms with van der Waals surface area (Å²) in [5.74, 6) is -3.99. The SMILES string of the molecule is O=C(c1cc2c(F)c(F)c(F)cc2[nH]1)N1CCc2nc(NCC3CCOC3)sc2C1. The summed E-state index contributed by atoms with van der Waals surface area (Å²) in [6.07, 6.45) is 1.66. The normalized spacial score (nSPS) is 18.8. The van der Waals surface area contributed by atoms with E-state index in [2.05, 4.69) is 15.3 Å². The molecule has 2 aromatic heterocycles. The van der Waals surface area contributed by atoms with Gasteiger partial charge in [0.25, 0.3) is 5.91 Å². The molecule has 0 aliphatic carbocycles. The van der Waals surface area contributed by atoms with Crippen molar-refractivity contribution >= 4 is 33.3 Å². The lowest BCUT2D eigenvalue weighted by Crippen LogP contribution is -2.35. The van der Waals surface area contributed by atoms with Gasteiger partial charge in [-0.2, -0.15) is 0 Å². The van der Waals surface area contributed by atoms with Crippen LogP contribution in [0.5, 0.6) is 0 Å². The summed E-state index contributed by atoms with van der Waals surface area (Å²) >= 11 is 1.52. The lowest BCUT2D eigenvalue weighted by Gasteiger charge is -2.25. The third-order valence-corrected chi connectivity index (χ3v) is 6.61. The van der Waals surface area contributed by atoms with E-state index in [1.54, 1.807) is 4.90 Å². The largest absolute Gasteiger partial charge is 0.381 e. The van der Waals surface area contributed by atoms with Crippen LogP contribution in [0.1, 0.15) is 27.5 Å². The first-order chi connectivity index (χ1) is 14.5. The minimum Gasteiger partial charge on any atom is -0.381 e. The Morgan fingerprint density at radius 1 is 1.33 bits per heavy atom. The number of anilines is 1. The van der Waals surface area contributed by atoms with Gasteiger partial charge in [-0.3, -0.25) is 4.79 Å². The summed E-state index contributed by atoms with van der Waals surface area (Å²) in [5.41, 5.74) is 1.12. The third kappa shape index (κ3) is 3.43. The van der Waals surface area contributed by atoms with Gasteiger partial charge in [-0.15, -0.1) is 0 Å². The van der Waals surface area contributed by atoms with Crippen LogP contribution in [-0.4, -0.2) is 47.1 Å². The fourth-order valence-electron chi connectivity index (χ4n) is 3.89. The standard InChI is InChI=1S/C20H19F3N4O2S/c21-12-6-14-11(17(22)18(12)23)5-15(25-14)19(28)27-3-1-13-16(8-27)30-20(26-13)24-7-10-2-4-29-9-10/h5-6,10,25H,1-4,7-9H2,(H,24,26). The Morgan fingerprint density at radius 3 is 3.00 bits per heavy atom. The number of amides is 1. The van der Waals surface area contributed by atoms with E-state index in [1.165, 1.54) is 17.4 Å².